The molecule has 16 bridgehead atoms. The van der Waals surface area contributed by atoms with E-state index in [1.165, 1.54) is 0 Å². The number of aromatic nitrogens is 16. The fourth-order valence-electron chi connectivity index (χ4n) is 12.0. The largest absolute Gasteiger partial charge is 0.324 e. The third-order valence-electron chi connectivity index (χ3n) is 15.5. The summed E-state index contributed by atoms with van der Waals surface area (Å²) in [7, 11) is 0. The van der Waals surface area contributed by atoms with Gasteiger partial charge in [-0.1, -0.05) is 146 Å². The Kier molecular flexibility index (Phi) is 7.95. The molecule has 1 fully saturated rings. The van der Waals surface area contributed by atoms with E-state index in [4.69, 9.17) is 59.8 Å². The highest BCUT2D eigenvalue weighted by atomic mass is 15.1. The second-order valence-corrected chi connectivity index (χ2v) is 19.5. The summed E-state index contributed by atoms with van der Waals surface area (Å²) in [6, 6.07) is 48.9. The van der Waals surface area contributed by atoms with Crippen LogP contribution in [0.15, 0.2) is 146 Å². The lowest BCUT2D eigenvalue weighted by Crippen LogP contribution is -2.23. The average Bonchev–Trinajstić information content (AvgIpc) is 4.34. The fourth-order valence-corrected chi connectivity index (χ4v) is 12.0. The number of hydrogen-bond donors (Lipinski definition) is 4. The van der Waals surface area contributed by atoms with E-state index >= 15 is 0 Å². The highest BCUT2D eigenvalue weighted by Crippen LogP contribution is 2.57. The predicted molar refractivity (Wildman–Crippen MR) is 283 cm³/mol. The molecule has 4 N–H and O–H groups in total. The van der Waals surface area contributed by atoms with E-state index in [-0.39, 0.29) is 23.7 Å². The van der Waals surface area contributed by atoms with Crippen molar-refractivity contribution < 1.29 is 0 Å². The number of benzene rings is 6. The van der Waals surface area contributed by atoms with Gasteiger partial charge in [0.15, 0.2) is 23.3 Å². The quantitative estimate of drug-likeness (QED) is 0.112. The van der Waals surface area contributed by atoms with Crippen LogP contribution in [-0.2, 0) is 0 Å². The molecule has 12 aromatic rings. The molecule has 0 spiro atoms. The second-order valence-electron chi connectivity index (χ2n) is 19.5. The maximum atomic E-state index is 5.47. The monoisotopic (exact) mass is 956 g/mol. The lowest BCUT2D eigenvalue weighted by molar-refractivity contribution is 0.314. The Balaban J connectivity index is 0.928. The first-order valence-corrected chi connectivity index (χ1v) is 24.8. The zero-order chi connectivity index (χ0) is 48.2. The van der Waals surface area contributed by atoms with Crippen molar-refractivity contribution in [3.8, 4) is 45.6 Å². The number of nitrogens with zero attached hydrogens (tertiary/aromatic N) is 12. The van der Waals surface area contributed by atoms with Crippen LogP contribution in [0.5, 0.6) is 0 Å². The minimum atomic E-state index is -0.150. The molecular weight excluding hydrogens is 921 g/mol. The number of fused-ring (bicyclic) bond motifs is 40. The van der Waals surface area contributed by atoms with Gasteiger partial charge in [-0.25, -0.2) is 59.8 Å². The lowest BCUT2D eigenvalue weighted by atomic mass is 9.69. The van der Waals surface area contributed by atoms with Gasteiger partial charge in [0.25, 0.3) is 0 Å². The summed E-state index contributed by atoms with van der Waals surface area (Å²) in [5.74, 6) is 4.41. The smallest absolute Gasteiger partial charge is 0.164 e. The van der Waals surface area contributed by atoms with E-state index < -0.39 is 0 Å². The Hall–Kier alpha value is -9.96. The third kappa shape index (κ3) is 5.78. The molecule has 6 aromatic heterocycles. The van der Waals surface area contributed by atoms with E-state index in [0.717, 1.165) is 65.3 Å². The van der Waals surface area contributed by atoms with Crippen LogP contribution in [0.3, 0.4) is 0 Å². The first-order valence-electron chi connectivity index (χ1n) is 24.8. The van der Waals surface area contributed by atoms with Crippen LogP contribution in [-0.4, -0.2) is 79.7 Å². The summed E-state index contributed by atoms with van der Waals surface area (Å²) in [6.45, 7) is 0. The van der Waals surface area contributed by atoms with Crippen LogP contribution in [0.4, 0.5) is 0 Å². The zero-order valence-corrected chi connectivity index (χ0v) is 38.9. The molecule has 0 amide bonds. The average molecular weight is 957 g/mol. The van der Waals surface area contributed by atoms with E-state index in [2.05, 4.69) is 68.5 Å². The minimum Gasteiger partial charge on any atom is -0.324 e. The van der Waals surface area contributed by atoms with Crippen LogP contribution < -0.4 is 0 Å². The Morgan fingerprint density at radius 3 is 0.662 bits per heavy atom. The van der Waals surface area contributed by atoms with Gasteiger partial charge in [0, 0.05) is 89.0 Å². The van der Waals surface area contributed by atoms with Gasteiger partial charge >= 0.3 is 0 Å². The Morgan fingerprint density at radius 1 is 0.230 bits per heavy atom. The number of aromatic amines is 4. The Morgan fingerprint density at radius 2 is 0.432 bits per heavy atom. The highest BCUT2D eigenvalue weighted by molar-refractivity contribution is 6.07. The minimum absolute atomic E-state index is 0.150. The maximum absolute atomic E-state index is 5.47. The van der Waals surface area contributed by atoms with Gasteiger partial charge < -0.3 is 19.9 Å². The molecule has 16 nitrogen and oxygen atoms in total. The van der Waals surface area contributed by atoms with E-state index in [1.807, 2.05) is 97.1 Å². The van der Waals surface area contributed by atoms with Gasteiger partial charge in [0.2, 0.25) is 0 Å². The summed E-state index contributed by atoms with van der Waals surface area (Å²) in [4.78, 5) is 78.1. The van der Waals surface area contributed by atoms with Crippen LogP contribution in [0, 0.1) is 0 Å². The second kappa shape index (κ2) is 14.8. The molecule has 4 unspecified atom stereocenters. The zero-order valence-electron chi connectivity index (χ0n) is 38.9. The molecular formula is C58H36N16. The van der Waals surface area contributed by atoms with Gasteiger partial charge in [-0.3, -0.25) is 0 Å². The van der Waals surface area contributed by atoms with Crippen molar-refractivity contribution in [3.05, 3.63) is 169 Å². The predicted octanol–water partition coefficient (Wildman–Crippen LogP) is 11.6. The van der Waals surface area contributed by atoms with Crippen LogP contribution in [0.2, 0.25) is 0 Å². The summed E-state index contributed by atoms with van der Waals surface area (Å²) >= 11 is 0. The molecule has 16 heteroatoms. The molecule has 1 saturated carbocycles. The fraction of sp³-hybridized carbons (Fsp3) is 0.103. The van der Waals surface area contributed by atoms with Crippen molar-refractivity contribution in [2.45, 2.75) is 36.5 Å². The summed E-state index contributed by atoms with van der Waals surface area (Å²) in [5.41, 5.74) is 8.88. The number of rotatable bonds is 0. The maximum Gasteiger partial charge on any atom is 0.164 e. The Bertz CT molecular complexity index is 4220. The number of nitrogens with one attached hydrogen (secondary N) is 4. The number of hydrogen-bond acceptors (Lipinski definition) is 12. The molecule has 1 aliphatic carbocycles. The molecule has 4 atom stereocenters. The van der Waals surface area contributed by atoms with Crippen molar-refractivity contribution >= 4 is 88.3 Å². The first-order chi connectivity index (χ1) is 36.6. The van der Waals surface area contributed by atoms with Crippen molar-refractivity contribution in [2.24, 2.45) is 0 Å². The van der Waals surface area contributed by atoms with Gasteiger partial charge in [-0.15, -0.1) is 0 Å². The Labute approximate surface area is 417 Å². The van der Waals surface area contributed by atoms with Crippen LogP contribution >= 0.6 is 0 Å². The molecule has 17 rings (SSSR count). The molecule has 4 aliphatic heterocycles. The molecule has 0 saturated heterocycles. The van der Waals surface area contributed by atoms with Crippen molar-refractivity contribution in [3.63, 3.8) is 0 Å². The molecule has 10 heterocycles. The van der Waals surface area contributed by atoms with E-state index in [0.29, 0.717) is 105 Å². The van der Waals surface area contributed by atoms with E-state index in [1.54, 1.807) is 0 Å². The van der Waals surface area contributed by atoms with Gasteiger partial charge in [0.1, 0.15) is 68.5 Å². The highest BCUT2D eigenvalue weighted by Gasteiger charge is 2.49. The van der Waals surface area contributed by atoms with Crippen molar-refractivity contribution in [1.82, 2.24) is 79.7 Å². The molecule has 348 valence electrons. The van der Waals surface area contributed by atoms with Crippen LogP contribution in [0.1, 0.15) is 59.8 Å². The number of H-pyrrole nitrogens is 4. The van der Waals surface area contributed by atoms with Gasteiger partial charge in [0.05, 0.1) is 0 Å². The summed E-state index contributed by atoms with van der Waals surface area (Å²) < 4.78 is 0. The normalized spacial score (nSPS) is 17.6. The SMILES string of the molecule is c1ccc2c(c1)-c1nc-2nc2[nH]c(nc3nc(nc4[nH]c(n1)c1ccccc41)C1CC4c5nc(nc6[nH]c(nc7nc(nc8[nH]c(n5)c5ccccc85)-c5ccccc5-7)c5ccccc65)C4CC31)c1ccccc21. The lowest BCUT2D eigenvalue weighted by Gasteiger charge is -2.32. The summed E-state index contributed by atoms with van der Waals surface area (Å²) in [6.07, 6.45) is 1.28. The van der Waals surface area contributed by atoms with Crippen molar-refractivity contribution in [2.75, 3.05) is 0 Å². The first kappa shape index (κ1) is 39.7. The molecule has 5 aliphatic rings. The van der Waals surface area contributed by atoms with Gasteiger partial charge in [-0.2, -0.15) is 0 Å². The van der Waals surface area contributed by atoms with Crippen molar-refractivity contribution in [1.29, 1.82) is 0 Å². The standard InChI is InChI=1S/C58H36N16/c1-2-14-28-27(13-1)43-59-44(28)62-48-32-18-6-10-22-36(32)52(66-48)70-56-40-26-42-41(25-39(40)55(73-56)69-51-35-21-9-5-17-31(35)47(61-43)65-51)57-71-53-37-23-11-7-19-33(37)49(67-53)63-45-29-15-3-4-16-30(29)46(60-45)64-50-34-20-8-12-24-38(34)54(68-50)72-58(42)74-57/h1-24,39-42H,25-26H2,(H2,59,61,62,65,66,69,70,73)(H2,60,63,64,67,68,71,72,74). The van der Waals surface area contributed by atoms with Crippen LogP contribution in [0.25, 0.3) is 134 Å². The molecule has 74 heavy (non-hydrogen) atoms. The third-order valence-corrected chi connectivity index (χ3v) is 15.5. The molecule has 6 aromatic carbocycles. The summed E-state index contributed by atoms with van der Waals surface area (Å²) in [5, 5.41) is 7.41. The molecule has 0 radical (unpaired) electrons. The van der Waals surface area contributed by atoms with E-state index in [9.17, 15) is 0 Å². The van der Waals surface area contributed by atoms with Gasteiger partial charge in [-0.05, 0) is 12.8 Å². The topological polar surface area (TPSA) is 218 Å².